The van der Waals surface area contributed by atoms with Gasteiger partial charge in [-0.3, -0.25) is 15.1 Å². The van der Waals surface area contributed by atoms with Crippen molar-refractivity contribution in [2.45, 2.75) is 89.6 Å². The third-order valence-electron chi connectivity index (χ3n) is 6.49. The largest absolute Gasteiger partial charge is 0.394 e. The van der Waals surface area contributed by atoms with Crippen LogP contribution in [0.1, 0.15) is 53.9 Å². The molecule has 40 heavy (non-hydrogen) atoms. The van der Waals surface area contributed by atoms with E-state index < -0.39 is 48.7 Å². The van der Waals surface area contributed by atoms with E-state index in [1.54, 1.807) is 6.92 Å². The topological polar surface area (TPSA) is 186 Å². The van der Waals surface area contributed by atoms with Gasteiger partial charge in [-0.2, -0.15) is 0 Å². The number of hydrogen-bond acceptors (Lipinski definition) is 11. The van der Waals surface area contributed by atoms with Gasteiger partial charge in [0, 0.05) is 26.7 Å². The monoisotopic (exact) mass is 580 g/mol. The van der Waals surface area contributed by atoms with Crippen LogP contribution in [-0.2, 0) is 28.5 Å². The number of aliphatic hydroxyl groups is 3. The Morgan fingerprint density at radius 2 is 1.52 bits per heavy atom. The van der Waals surface area contributed by atoms with Crippen molar-refractivity contribution in [3.05, 3.63) is 0 Å². The van der Waals surface area contributed by atoms with Crippen LogP contribution in [0.3, 0.4) is 0 Å². The first-order valence-electron chi connectivity index (χ1n) is 13.9. The second-order valence-electron chi connectivity index (χ2n) is 10.9. The summed E-state index contributed by atoms with van der Waals surface area (Å²) in [5, 5.41) is 30.4. The standard InChI is InChI=1S/C26H52N4O10/c1-7-30(23-22(34)21(33)19(18-31)40-23)24(35)29(6)28-20(32)8-12-36-16-17-39-26(4,5)10-14-38-25(2,3)9-13-37-15-11-27/h19,21-23,31,33-34H,7-18,27H2,1-6H3,(H,28,32)/t19-,21?,22?,23-/m1/s1. The molecule has 1 rings (SSSR count). The molecule has 0 aromatic rings. The minimum atomic E-state index is -1.39. The highest BCUT2D eigenvalue weighted by Crippen LogP contribution is 2.24. The van der Waals surface area contributed by atoms with Crippen molar-refractivity contribution >= 4 is 11.9 Å². The predicted molar refractivity (Wildman–Crippen MR) is 146 cm³/mol. The number of hydrogen-bond donors (Lipinski definition) is 5. The molecule has 236 valence electrons. The summed E-state index contributed by atoms with van der Waals surface area (Å²) in [5.41, 5.74) is 7.16. The first kappa shape index (κ1) is 36.4. The average molecular weight is 581 g/mol. The van der Waals surface area contributed by atoms with Crippen molar-refractivity contribution in [1.29, 1.82) is 0 Å². The molecule has 1 heterocycles. The maximum atomic E-state index is 12.8. The number of nitrogens with zero attached hydrogens (tertiary/aromatic N) is 2. The number of urea groups is 1. The zero-order chi connectivity index (χ0) is 30.3. The lowest BCUT2D eigenvalue weighted by molar-refractivity contribution is -0.127. The Hall–Kier alpha value is -1.62. The van der Waals surface area contributed by atoms with Crippen molar-refractivity contribution in [2.75, 3.05) is 66.4 Å². The van der Waals surface area contributed by atoms with E-state index in [1.165, 1.54) is 7.05 Å². The van der Waals surface area contributed by atoms with Crippen molar-refractivity contribution in [3.8, 4) is 0 Å². The van der Waals surface area contributed by atoms with Gasteiger partial charge in [0.1, 0.15) is 18.3 Å². The normalized spacial score (nSPS) is 21.4. The number of amides is 3. The fraction of sp³-hybridized carbons (Fsp3) is 0.923. The summed E-state index contributed by atoms with van der Waals surface area (Å²) in [6, 6.07) is -0.644. The van der Waals surface area contributed by atoms with Crippen LogP contribution >= 0.6 is 0 Å². The van der Waals surface area contributed by atoms with E-state index in [4.69, 9.17) is 29.4 Å². The number of nitrogens with two attached hydrogens (primary N) is 1. The van der Waals surface area contributed by atoms with Gasteiger partial charge in [0.15, 0.2) is 6.23 Å². The highest BCUT2D eigenvalue weighted by molar-refractivity contribution is 5.81. The van der Waals surface area contributed by atoms with Crippen LogP contribution in [0.4, 0.5) is 4.79 Å². The Morgan fingerprint density at radius 1 is 0.925 bits per heavy atom. The molecule has 3 amide bonds. The summed E-state index contributed by atoms with van der Waals surface area (Å²) in [6.45, 7) is 12.3. The van der Waals surface area contributed by atoms with Gasteiger partial charge in [-0.15, -0.1) is 0 Å². The van der Waals surface area contributed by atoms with E-state index in [0.717, 1.165) is 16.3 Å². The average Bonchev–Trinajstić information content (AvgIpc) is 3.17. The lowest BCUT2D eigenvalue weighted by atomic mass is 10.0. The van der Waals surface area contributed by atoms with Crippen molar-refractivity contribution in [3.63, 3.8) is 0 Å². The summed E-state index contributed by atoms with van der Waals surface area (Å²) in [6.07, 6.45) is -3.41. The second-order valence-corrected chi connectivity index (χ2v) is 10.9. The van der Waals surface area contributed by atoms with Gasteiger partial charge < -0.3 is 44.7 Å². The van der Waals surface area contributed by atoms with Gasteiger partial charge in [-0.05, 0) is 47.5 Å². The van der Waals surface area contributed by atoms with Gasteiger partial charge in [0.25, 0.3) is 0 Å². The second kappa shape index (κ2) is 18.0. The van der Waals surface area contributed by atoms with Crippen LogP contribution in [0.2, 0.25) is 0 Å². The van der Waals surface area contributed by atoms with Crippen LogP contribution in [0.25, 0.3) is 0 Å². The van der Waals surface area contributed by atoms with Crippen molar-refractivity contribution in [2.24, 2.45) is 5.73 Å². The zero-order valence-corrected chi connectivity index (χ0v) is 25.0. The molecule has 4 atom stereocenters. The quantitative estimate of drug-likeness (QED) is 0.0987. The minimum Gasteiger partial charge on any atom is -0.394 e. The predicted octanol–water partition coefficient (Wildman–Crippen LogP) is -0.417. The molecule has 6 N–H and O–H groups in total. The summed E-state index contributed by atoms with van der Waals surface area (Å²) >= 11 is 0. The van der Waals surface area contributed by atoms with E-state index in [2.05, 4.69) is 5.43 Å². The van der Waals surface area contributed by atoms with E-state index in [0.29, 0.717) is 46.0 Å². The van der Waals surface area contributed by atoms with E-state index in [9.17, 15) is 24.9 Å². The summed E-state index contributed by atoms with van der Waals surface area (Å²) in [5.74, 6) is -0.442. The van der Waals surface area contributed by atoms with Gasteiger partial charge >= 0.3 is 6.03 Å². The first-order chi connectivity index (χ1) is 18.8. The van der Waals surface area contributed by atoms with Crippen LogP contribution in [0, 0.1) is 0 Å². The van der Waals surface area contributed by atoms with Crippen LogP contribution in [0.5, 0.6) is 0 Å². The van der Waals surface area contributed by atoms with E-state index >= 15 is 0 Å². The Labute approximate surface area is 238 Å². The molecule has 2 unspecified atom stereocenters. The Kier molecular flexibility index (Phi) is 16.4. The van der Waals surface area contributed by atoms with Gasteiger partial charge in [-0.25, -0.2) is 9.80 Å². The Bertz CT molecular complexity index is 742. The highest BCUT2D eigenvalue weighted by atomic mass is 16.6. The third kappa shape index (κ3) is 12.9. The number of ether oxygens (including phenoxy) is 5. The fourth-order valence-electron chi connectivity index (χ4n) is 3.91. The number of carbonyl (C=O) groups excluding carboxylic acids is 2. The molecule has 0 aliphatic carbocycles. The molecular formula is C26H52N4O10. The summed E-state index contributed by atoms with van der Waals surface area (Å²) < 4.78 is 28.3. The van der Waals surface area contributed by atoms with E-state index in [1.807, 2.05) is 27.7 Å². The molecular weight excluding hydrogens is 528 g/mol. The maximum Gasteiger partial charge on any atom is 0.340 e. The fourth-order valence-corrected chi connectivity index (χ4v) is 3.91. The molecule has 1 saturated heterocycles. The number of aliphatic hydroxyl groups excluding tert-OH is 3. The third-order valence-corrected chi connectivity index (χ3v) is 6.49. The first-order valence-corrected chi connectivity index (χ1v) is 13.9. The van der Waals surface area contributed by atoms with Crippen LogP contribution in [-0.4, -0.2) is 139 Å². The Morgan fingerprint density at radius 3 is 2.10 bits per heavy atom. The van der Waals surface area contributed by atoms with Gasteiger partial charge in [-0.1, -0.05) is 0 Å². The molecule has 1 fully saturated rings. The lowest BCUT2D eigenvalue weighted by Gasteiger charge is -2.32. The summed E-state index contributed by atoms with van der Waals surface area (Å²) in [4.78, 5) is 26.2. The zero-order valence-electron chi connectivity index (χ0n) is 25.0. The van der Waals surface area contributed by atoms with Gasteiger partial charge in [0.05, 0.1) is 57.3 Å². The lowest BCUT2D eigenvalue weighted by Crippen LogP contribution is -2.55. The van der Waals surface area contributed by atoms with E-state index in [-0.39, 0.29) is 25.2 Å². The molecule has 0 radical (unpaired) electrons. The van der Waals surface area contributed by atoms with Crippen molar-refractivity contribution in [1.82, 2.24) is 15.3 Å². The molecule has 0 saturated carbocycles. The minimum absolute atomic E-state index is 0.0128. The smallest absolute Gasteiger partial charge is 0.340 e. The van der Waals surface area contributed by atoms with Gasteiger partial charge in [0.2, 0.25) is 5.91 Å². The number of nitrogens with one attached hydrogen (secondary N) is 1. The number of hydrazine groups is 1. The summed E-state index contributed by atoms with van der Waals surface area (Å²) in [7, 11) is 1.36. The molecule has 1 aliphatic rings. The molecule has 0 aromatic carbocycles. The molecule has 14 heteroatoms. The van der Waals surface area contributed by atoms with Crippen molar-refractivity contribution < 1.29 is 48.6 Å². The van der Waals surface area contributed by atoms with Crippen LogP contribution in [0.15, 0.2) is 0 Å². The molecule has 14 nitrogen and oxygen atoms in total. The Balaban J connectivity index is 2.27. The molecule has 0 spiro atoms. The molecule has 0 bridgehead atoms. The maximum absolute atomic E-state index is 12.8. The molecule has 0 aromatic heterocycles. The molecule has 1 aliphatic heterocycles. The number of carbonyl (C=O) groups is 2. The highest BCUT2D eigenvalue weighted by Gasteiger charge is 2.46. The number of likely N-dealkylation sites (N-methyl/N-ethyl adjacent to an activating group) is 1. The number of rotatable bonds is 19. The SMILES string of the molecule is CCN(C(=O)N(C)NC(=O)CCOCCOC(C)(C)CCOC(C)(C)CCOCCN)[C@@H]1O[C@H](CO)C(O)C1O. The van der Waals surface area contributed by atoms with Crippen LogP contribution < -0.4 is 11.2 Å².